The van der Waals surface area contributed by atoms with Gasteiger partial charge in [-0.05, 0) is 64.9 Å². The summed E-state index contributed by atoms with van der Waals surface area (Å²) in [7, 11) is 1.24. The lowest BCUT2D eigenvalue weighted by Crippen LogP contribution is -2.42. The van der Waals surface area contributed by atoms with E-state index in [0.717, 1.165) is 17.0 Å². The Bertz CT molecular complexity index is 1120. The standard InChI is InChI=1S/C23H28F6N6O3/c1-21(2,3)38-20(36)34(4)17-31-18(33-19(32-17)37-13-22(24,25)26)35(15-8-10-30-11-9-15)16-7-5-6-14(12-16)23(27,28)29/h5-7,12,15,30H,8-11,13H2,1-4H3. The summed E-state index contributed by atoms with van der Waals surface area (Å²) in [4.78, 5) is 26.9. The first kappa shape index (κ1) is 29.2. The first-order valence-corrected chi connectivity index (χ1v) is 11.6. The van der Waals surface area contributed by atoms with E-state index in [1.165, 1.54) is 24.1 Å². The van der Waals surface area contributed by atoms with Gasteiger partial charge in [-0.25, -0.2) is 9.69 Å². The van der Waals surface area contributed by atoms with Crippen LogP contribution in [0.1, 0.15) is 39.2 Å². The van der Waals surface area contributed by atoms with E-state index in [0.29, 0.717) is 25.9 Å². The van der Waals surface area contributed by atoms with Crippen molar-refractivity contribution < 1.29 is 40.6 Å². The Balaban J connectivity index is 2.13. The minimum absolute atomic E-state index is 0.0607. The summed E-state index contributed by atoms with van der Waals surface area (Å²) < 4.78 is 89.1. The molecule has 1 aliphatic heterocycles. The van der Waals surface area contributed by atoms with E-state index in [9.17, 15) is 31.1 Å². The SMILES string of the molecule is CN(C(=O)OC(C)(C)C)c1nc(OCC(F)(F)F)nc(N(c2cccc(C(F)(F)F)c2)C2CCNCC2)n1. The van der Waals surface area contributed by atoms with Gasteiger partial charge in [0.05, 0.1) is 5.56 Å². The van der Waals surface area contributed by atoms with E-state index < -0.39 is 54.2 Å². The first-order valence-electron chi connectivity index (χ1n) is 11.6. The summed E-state index contributed by atoms with van der Waals surface area (Å²) in [5, 5.41) is 3.14. The summed E-state index contributed by atoms with van der Waals surface area (Å²) in [5.74, 6) is -0.693. The van der Waals surface area contributed by atoms with Crippen LogP contribution in [0.2, 0.25) is 0 Å². The Kier molecular flexibility index (Phi) is 8.58. The molecule has 1 fully saturated rings. The minimum atomic E-state index is -4.72. The van der Waals surface area contributed by atoms with Gasteiger partial charge >= 0.3 is 24.5 Å². The number of rotatable bonds is 6. The summed E-state index contributed by atoms with van der Waals surface area (Å²) in [5.41, 5.74) is -1.77. The second-order valence-electron chi connectivity index (χ2n) is 9.56. The molecule has 1 amide bonds. The maximum Gasteiger partial charge on any atom is 0.422 e. The lowest BCUT2D eigenvalue weighted by atomic mass is 10.0. The predicted octanol–water partition coefficient (Wildman–Crippen LogP) is 5.09. The molecule has 1 N–H and O–H groups in total. The van der Waals surface area contributed by atoms with Gasteiger partial charge in [0.2, 0.25) is 11.9 Å². The van der Waals surface area contributed by atoms with Crippen LogP contribution in [-0.2, 0) is 10.9 Å². The Morgan fingerprint density at radius 2 is 1.66 bits per heavy atom. The molecule has 1 aromatic heterocycles. The topological polar surface area (TPSA) is 92.7 Å². The van der Waals surface area contributed by atoms with Gasteiger partial charge in [0.25, 0.3) is 0 Å². The zero-order valence-corrected chi connectivity index (χ0v) is 21.2. The first-order chi connectivity index (χ1) is 17.5. The molecule has 2 heterocycles. The predicted molar refractivity (Wildman–Crippen MR) is 125 cm³/mol. The molecule has 0 radical (unpaired) electrons. The van der Waals surface area contributed by atoms with Crippen LogP contribution in [0.4, 0.5) is 48.7 Å². The van der Waals surface area contributed by atoms with Gasteiger partial charge in [-0.1, -0.05) is 6.07 Å². The van der Waals surface area contributed by atoms with Crippen LogP contribution in [0.25, 0.3) is 0 Å². The number of piperidine rings is 1. The Hall–Kier alpha value is -3.36. The third-order valence-corrected chi connectivity index (χ3v) is 5.26. The number of nitrogens with zero attached hydrogens (tertiary/aromatic N) is 5. The number of carbonyl (C=O) groups excluding carboxylic acids is 1. The molecule has 0 atom stereocenters. The lowest BCUT2D eigenvalue weighted by Gasteiger charge is -2.35. The molecule has 1 aliphatic rings. The van der Waals surface area contributed by atoms with Crippen molar-refractivity contribution in [2.45, 2.75) is 57.6 Å². The second-order valence-corrected chi connectivity index (χ2v) is 9.56. The average Bonchev–Trinajstić information content (AvgIpc) is 2.81. The van der Waals surface area contributed by atoms with Gasteiger partial charge in [-0.2, -0.15) is 41.3 Å². The van der Waals surface area contributed by atoms with E-state index in [1.807, 2.05) is 0 Å². The van der Waals surface area contributed by atoms with E-state index in [-0.39, 0.29) is 11.6 Å². The molecule has 38 heavy (non-hydrogen) atoms. The number of hydrogen-bond acceptors (Lipinski definition) is 8. The highest BCUT2D eigenvalue weighted by atomic mass is 19.4. The highest BCUT2D eigenvalue weighted by molar-refractivity contribution is 5.85. The minimum Gasteiger partial charge on any atom is -0.454 e. The molecule has 0 aliphatic carbocycles. The lowest BCUT2D eigenvalue weighted by molar-refractivity contribution is -0.154. The normalized spacial score (nSPS) is 15.2. The summed E-state index contributed by atoms with van der Waals surface area (Å²) in [6.07, 6.45) is -9.34. The van der Waals surface area contributed by atoms with Crippen molar-refractivity contribution in [3.63, 3.8) is 0 Å². The number of nitrogens with one attached hydrogen (secondary N) is 1. The van der Waals surface area contributed by atoms with Crippen molar-refractivity contribution >= 4 is 23.7 Å². The van der Waals surface area contributed by atoms with Gasteiger partial charge in [0.15, 0.2) is 6.61 Å². The van der Waals surface area contributed by atoms with Crippen molar-refractivity contribution in [1.29, 1.82) is 0 Å². The highest BCUT2D eigenvalue weighted by Crippen LogP contribution is 2.36. The van der Waals surface area contributed by atoms with Gasteiger partial charge in [-0.15, -0.1) is 0 Å². The van der Waals surface area contributed by atoms with Crippen molar-refractivity contribution in [1.82, 2.24) is 20.3 Å². The third kappa shape index (κ3) is 8.07. The van der Waals surface area contributed by atoms with Gasteiger partial charge in [0, 0.05) is 18.8 Å². The summed E-state index contributed by atoms with van der Waals surface area (Å²) in [6, 6.07) is 3.24. The smallest absolute Gasteiger partial charge is 0.422 e. The molecular weight excluding hydrogens is 522 g/mol. The van der Waals surface area contributed by atoms with Crippen LogP contribution in [0, 0.1) is 0 Å². The number of carbonyl (C=O) groups is 1. The van der Waals surface area contributed by atoms with Crippen LogP contribution in [0.3, 0.4) is 0 Å². The van der Waals surface area contributed by atoms with E-state index in [4.69, 9.17) is 9.47 Å². The molecule has 3 rings (SSSR count). The number of anilines is 3. The largest absolute Gasteiger partial charge is 0.454 e. The monoisotopic (exact) mass is 550 g/mol. The van der Waals surface area contributed by atoms with Crippen LogP contribution in [0.5, 0.6) is 6.01 Å². The molecule has 0 spiro atoms. The Morgan fingerprint density at radius 3 is 2.24 bits per heavy atom. The maximum atomic E-state index is 13.5. The van der Waals surface area contributed by atoms with Crippen LogP contribution in [-0.4, -0.2) is 65.6 Å². The van der Waals surface area contributed by atoms with Crippen LogP contribution >= 0.6 is 0 Å². The zero-order chi connectivity index (χ0) is 28.3. The van der Waals surface area contributed by atoms with Gasteiger partial charge < -0.3 is 19.7 Å². The molecule has 210 valence electrons. The molecule has 0 bridgehead atoms. The fourth-order valence-corrected chi connectivity index (χ4v) is 3.60. The molecule has 1 saturated heterocycles. The molecule has 15 heteroatoms. The second kappa shape index (κ2) is 11.2. The van der Waals surface area contributed by atoms with E-state index in [2.05, 4.69) is 20.3 Å². The number of hydrogen-bond donors (Lipinski definition) is 1. The fourth-order valence-electron chi connectivity index (χ4n) is 3.60. The van der Waals surface area contributed by atoms with Crippen LogP contribution in [0.15, 0.2) is 24.3 Å². The summed E-state index contributed by atoms with van der Waals surface area (Å²) in [6.45, 7) is 4.18. The summed E-state index contributed by atoms with van der Waals surface area (Å²) >= 11 is 0. The maximum absolute atomic E-state index is 13.5. The average molecular weight is 551 g/mol. The van der Waals surface area contributed by atoms with Crippen molar-refractivity contribution in [3.8, 4) is 6.01 Å². The number of benzene rings is 1. The number of aromatic nitrogens is 3. The van der Waals surface area contributed by atoms with Crippen molar-refractivity contribution in [2.75, 3.05) is 36.5 Å². The van der Waals surface area contributed by atoms with E-state index >= 15 is 0 Å². The molecule has 0 unspecified atom stereocenters. The molecule has 2 aromatic rings. The van der Waals surface area contributed by atoms with Gasteiger partial charge in [0.1, 0.15) is 5.60 Å². The zero-order valence-electron chi connectivity index (χ0n) is 21.2. The molecular formula is C23H28F6N6O3. The quantitative estimate of drug-likeness (QED) is 0.498. The number of amides is 1. The molecule has 1 aromatic carbocycles. The number of ether oxygens (including phenoxy) is 2. The third-order valence-electron chi connectivity index (χ3n) is 5.26. The number of alkyl halides is 6. The van der Waals surface area contributed by atoms with E-state index in [1.54, 1.807) is 20.8 Å². The fraction of sp³-hybridized carbons (Fsp3) is 0.565. The van der Waals surface area contributed by atoms with Crippen LogP contribution < -0.4 is 19.9 Å². The molecule has 0 saturated carbocycles. The highest BCUT2D eigenvalue weighted by Gasteiger charge is 2.34. The van der Waals surface area contributed by atoms with Crippen molar-refractivity contribution in [3.05, 3.63) is 29.8 Å². The van der Waals surface area contributed by atoms with Crippen molar-refractivity contribution in [2.24, 2.45) is 0 Å². The number of halogens is 6. The van der Waals surface area contributed by atoms with Gasteiger partial charge in [-0.3, -0.25) is 0 Å². The molecule has 9 nitrogen and oxygen atoms in total. The Morgan fingerprint density at radius 1 is 1.03 bits per heavy atom. The Labute approximate surface area is 215 Å².